The lowest BCUT2D eigenvalue weighted by atomic mass is 10.1. The molecule has 0 saturated heterocycles. The van der Waals surface area contributed by atoms with Gasteiger partial charge in [-0.15, -0.1) is 0 Å². The monoisotopic (exact) mass is 414 g/mol. The molecule has 0 aliphatic heterocycles. The molecule has 2 rings (SSSR count). The van der Waals surface area contributed by atoms with Gasteiger partial charge in [0.15, 0.2) is 6.61 Å². The molecule has 148 valence electrons. The van der Waals surface area contributed by atoms with E-state index < -0.39 is 30.0 Å². The maximum Gasteiger partial charge on any atom is 0.387 e. The van der Waals surface area contributed by atoms with Gasteiger partial charge in [0, 0.05) is 17.3 Å². The van der Waals surface area contributed by atoms with E-state index in [0.717, 1.165) is 6.07 Å². The highest BCUT2D eigenvalue weighted by atomic mass is 35.5. The van der Waals surface area contributed by atoms with Gasteiger partial charge in [-0.3, -0.25) is 19.7 Å². The zero-order valence-electron chi connectivity index (χ0n) is 14.1. The van der Waals surface area contributed by atoms with Crippen molar-refractivity contribution in [3.8, 4) is 5.75 Å². The minimum atomic E-state index is -3.04. The van der Waals surface area contributed by atoms with E-state index in [2.05, 4.69) is 10.1 Å². The summed E-state index contributed by atoms with van der Waals surface area (Å²) in [5.41, 5.74) is 0.0929. The van der Waals surface area contributed by atoms with Gasteiger partial charge in [0.2, 0.25) is 0 Å². The lowest BCUT2D eigenvalue weighted by molar-refractivity contribution is -0.385. The van der Waals surface area contributed by atoms with Crippen molar-refractivity contribution < 1.29 is 32.8 Å². The molecule has 1 N–H and O–H groups in total. The summed E-state index contributed by atoms with van der Waals surface area (Å²) in [6.45, 7) is -3.69. The number of nitro groups is 1. The normalized spacial score (nSPS) is 10.4. The number of nitrogens with zero attached hydrogens (tertiary/aromatic N) is 1. The standard InChI is InChI=1S/C17H13ClF2N2O6/c18-12-8-11(5-6-14(12)28-17(19)20)21-15(23)9-27-16(24)7-10-3-1-2-4-13(10)22(25)26/h1-6,8,17H,7,9H2,(H,21,23). The van der Waals surface area contributed by atoms with Crippen molar-refractivity contribution in [2.45, 2.75) is 13.0 Å². The number of nitro benzene ring substituents is 1. The largest absolute Gasteiger partial charge is 0.455 e. The van der Waals surface area contributed by atoms with Crippen LogP contribution in [-0.4, -0.2) is 30.0 Å². The van der Waals surface area contributed by atoms with E-state index in [1.54, 1.807) is 0 Å². The lowest BCUT2D eigenvalue weighted by Crippen LogP contribution is -2.21. The van der Waals surface area contributed by atoms with E-state index in [1.165, 1.54) is 36.4 Å². The minimum Gasteiger partial charge on any atom is -0.455 e. The smallest absolute Gasteiger partial charge is 0.387 e. The molecule has 8 nitrogen and oxygen atoms in total. The Bertz CT molecular complexity index is 894. The molecule has 2 aromatic rings. The molecule has 0 aromatic heterocycles. The summed E-state index contributed by atoms with van der Waals surface area (Å²) >= 11 is 5.77. The lowest BCUT2D eigenvalue weighted by Gasteiger charge is -2.10. The number of carbonyl (C=O) groups is 2. The maximum absolute atomic E-state index is 12.2. The van der Waals surface area contributed by atoms with E-state index in [-0.39, 0.29) is 34.1 Å². The molecule has 0 unspecified atom stereocenters. The number of hydrogen-bond acceptors (Lipinski definition) is 6. The topological polar surface area (TPSA) is 108 Å². The molecule has 11 heteroatoms. The second-order valence-corrected chi connectivity index (χ2v) is 5.70. The van der Waals surface area contributed by atoms with Gasteiger partial charge in [-0.25, -0.2) is 0 Å². The molecule has 0 aliphatic rings. The molecule has 0 fully saturated rings. The summed E-state index contributed by atoms with van der Waals surface area (Å²) in [6, 6.07) is 9.26. The van der Waals surface area contributed by atoms with Crippen LogP contribution in [0, 0.1) is 10.1 Å². The number of amides is 1. The van der Waals surface area contributed by atoms with Gasteiger partial charge in [-0.1, -0.05) is 29.8 Å². The fraction of sp³-hybridized carbons (Fsp3) is 0.176. The third-order valence-electron chi connectivity index (χ3n) is 3.32. The average Bonchev–Trinajstić information content (AvgIpc) is 2.62. The number of halogens is 3. The molecule has 2 aromatic carbocycles. The van der Waals surface area contributed by atoms with Crippen molar-refractivity contribution in [3.63, 3.8) is 0 Å². The van der Waals surface area contributed by atoms with Gasteiger partial charge in [0.1, 0.15) is 5.75 Å². The van der Waals surface area contributed by atoms with E-state index in [9.17, 15) is 28.5 Å². The van der Waals surface area contributed by atoms with Gasteiger partial charge in [-0.2, -0.15) is 8.78 Å². The second-order valence-electron chi connectivity index (χ2n) is 5.30. The number of hydrogen-bond donors (Lipinski definition) is 1. The first-order valence-corrected chi connectivity index (χ1v) is 8.06. The number of benzene rings is 2. The number of anilines is 1. The zero-order valence-corrected chi connectivity index (χ0v) is 14.8. The number of esters is 1. The number of alkyl halides is 2. The van der Waals surface area contributed by atoms with Gasteiger partial charge in [-0.05, 0) is 18.2 Å². The molecular formula is C17H13ClF2N2O6. The second kappa shape index (κ2) is 9.60. The van der Waals surface area contributed by atoms with E-state index in [4.69, 9.17) is 16.3 Å². The fourth-order valence-corrected chi connectivity index (χ4v) is 2.38. The van der Waals surface area contributed by atoms with Crippen LogP contribution >= 0.6 is 11.6 Å². The Morgan fingerprint density at radius 2 is 1.93 bits per heavy atom. The predicted octanol–water partition coefficient (Wildman–Crippen LogP) is 3.57. The molecule has 0 saturated carbocycles. The molecule has 0 heterocycles. The quantitative estimate of drug-likeness (QED) is 0.402. The summed E-state index contributed by atoms with van der Waals surface area (Å²) in [7, 11) is 0. The van der Waals surface area contributed by atoms with Crippen LogP contribution in [0.5, 0.6) is 5.75 Å². The molecule has 0 radical (unpaired) electrons. The molecule has 0 spiro atoms. The highest BCUT2D eigenvalue weighted by molar-refractivity contribution is 6.32. The number of carbonyl (C=O) groups excluding carboxylic acids is 2. The van der Waals surface area contributed by atoms with Crippen LogP contribution in [0.25, 0.3) is 0 Å². The van der Waals surface area contributed by atoms with Crippen LogP contribution in [0.15, 0.2) is 42.5 Å². The first-order valence-electron chi connectivity index (χ1n) is 7.68. The summed E-state index contributed by atoms with van der Waals surface area (Å²) in [6.07, 6.45) is -0.379. The van der Waals surface area contributed by atoms with Gasteiger partial charge in [0.05, 0.1) is 16.4 Å². The Morgan fingerprint density at radius 1 is 1.21 bits per heavy atom. The van der Waals surface area contributed by atoms with Crippen molar-refractivity contribution in [1.82, 2.24) is 0 Å². The molecule has 0 aliphatic carbocycles. The number of nitrogens with one attached hydrogen (secondary N) is 1. The van der Waals surface area contributed by atoms with Crippen LogP contribution in [0.2, 0.25) is 5.02 Å². The first kappa shape index (κ1) is 21.0. The van der Waals surface area contributed by atoms with Crippen LogP contribution in [-0.2, 0) is 20.7 Å². The number of rotatable bonds is 8. The molecule has 0 bridgehead atoms. The maximum atomic E-state index is 12.2. The Balaban J connectivity index is 1.88. The third kappa shape index (κ3) is 6.16. The zero-order chi connectivity index (χ0) is 20.7. The van der Waals surface area contributed by atoms with Gasteiger partial charge in [0.25, 0.3) is 11.6 Å². The van der Waals surface area contributed by atoms with Crippen molar-refractivity contribution in [1.29, 1.82) is 0 Å². The third-order valence-corrected chi connectivity index (χ3v) is 3.61. The van der Waals surface area contributed by atoms with Crippen LogP contribution < -0.4 is 10.1 Å². The Morgan fingerprint density at radius 3 is 2.57 bits per heavy atom. The minimum absolute atomic E-state index is 0.147. The van der Waals surface area contributed by atoms with Crippen molar-refractivity contribution in [2.75, 3.05) is 11.9 Å². The summed E-state index contributed by atoms with van der Waals surface area (Å²) in [5, 5.41) is 13.1. The Labute approximate surface area is 162 Å². The van der Waals surface area contributed by atoms with E-state index in [1.807, 2.05) is 0 Å². The number of para-hydroxylation sites is 1. The average molecular weight is 415 g/mol. The van der Waals surface area contributed by atoms with Gasteiger partial charge < -0.3 is 14.8 Å². The molecular weight excluding hydrogens is 402 g/mol. The van der Waals surface area contributed by atoms with Crippen LogP contribution in [0.1, 0.15) is 5.56 Å². The SMILES string of the molecule is O=C(COC(=O)Cc1ccccc1[N+](=O)[O-])Nc1ccc(OC(F)F)c(Cl)c1. The Hall–Kier alpha value is -3.27. The molecule has 28 heavy (non-hydrogen) atoms. The summed E-state index contributed by atoms with van der Waals surface area (Å²) in [5.74, 6) is -1.80. The highest BCUT2D eigenvalue weighted by Crippen LogP contribution is 2.28. The molecule has 1 amide bonds. The first-order chi connectivity index (χ1) is 13.3. The van der Waals surface area contributed by atoms with E-state index in [0.29, 0.717) is 0 Å². The Kier molecular flexibility index (Phi) is 7.21. The predicted molar refractivity (Wildman–Crippen MR) is 94.5 cm³/mol. The fourth-order valence-electron chi connectivity index (χ4n) is 2.16. The molecule has 0 atom stereocenters. The number of ether oxygens (including phenoxy) is 2. The highest BCUT2D eigenvalue weighted by Gasteiger charge is 2.17. The van der Waals surface area contributed by atoms with Crippen molar-refractivity contribution in [3.05, 3.63) is 63.2 Å². The summed E-state index contributed by atoms with van der Waals surface area (Å²) in [4.78, 5) is 33.9. The van der Waals surface area contributed by atoms with Crippen molar-refractivity contribution in [2.24, 2.45) is 0 Å². The van der Waals surface area contributed by atoms with Crippen molar-refractivity contribution >= 4 is 34.9 Å². The summed E-state index contributed by atoms with van der Waals surface area (Å²) < 4.78 is 33.3. The van der Waals surface area contributed by atoms with Crippen LogP contribution in [0.3, 0.4) is 0 Å². The van der Waals surface area contributed by atoms with Crippen LogP contribution in [0.4, 0.5) is 20.2 Å². The van der Waals surface area contributed by atoms with Gasteiger partial charge >= 0.3 is 12.6 Å². The van der Waals surface area contributed by atoms with E-state index >= 15 is 0 Å².